The van der Waals surface area contributed by atoms with Crippen LogP contribution in [0, 0.1) is 23.7 Å². The van der Waals surface area contributed by atoms with Crippen molar-refractivity contribution in [2.24, 2.45) is 0 Å². The van der Waals surface area contributed by atoms with E-state index >= 15 is 0 Å². The Balaban J connectivity index is 1.86. The standard InChI is InChI=1S/C25H29N5O3S/c1-3-11-27-23(32)20(15-26)25-30(4-2)24(33)22(34-25)16-28-19-10-8-9-18(14-19)21(31)17-29-12-6-5-7-13-29/h1,8-10,14,16,21,28,31H,4-7,11-13,17H2,2H3,(H,27,32). The fraction of sp³-hybridized carbons (Fsp3) is 0.400. The number of benzene rings is 1. The zero-order chi connectivity index (χ0) is 24.5. The van der Waals surface area contributed by atoms with Gasteiger partial charge in [-0.15, -0.1) is 17.8 Å². The topological polar surface area (TPSA) is 110 Å². The highest BCUT2D eigenvalue weighted by Gasteiger charge is 2.17. The van der Waals surface area contributed by atoms with E-state index in [4.69, 9.17) is 6.42 Å². The number of rotatable bonds is 8. The molecule has 3 N–H and O–H groups in total. The average Bonchev–Trinajstić information content (AvgIpc) is 3.17. The van der Waals surface area contributed by atoms with Gasteiger partial charge in [0.25, 0.3) is 11.5 Å². The summed E-state index contributed by atoms with van der Waals surface area (Å²) in [4.78, 5) is 27.5. The summed E-state index contributed by atoms with van der Waals surface area (Å²) in [7, 11) is 0. The third-order valence-corrected chi connectivity index (χ3v) is 6.78. The van der Waals surface area contributed by atoms with E-state index in [1.165, 1.54) is 11.0 Å². The highest BCUT2D eigenvalue weighted by molar-refractivity contribution is 7.07. The van der Waals surface area contributed by atoms with Crippen molar-refractivity contribution in [2.75, 3.05) is 31.5 Å². The zero-order valence-corrected chi connectivity index (χ0v) is 20.0. The van der Waals surface area contributed by atoms with E-state index in [2.05, 4.69) is 21.5 Å². The van der Waals surface area contributed by atoms with Crippen molar-refractivity contribution in [3.8, 4) is 18.4 Å². The first-order chi connectivity index (χ1) is 16.5. The molecule has 3 rings (SSSR count). The Morgan fingerprint density at radius 1 is 1.35 bits per heavy atom. The maximum atomic E-state index is 12.9. The van der Waals surface area contributed by atoms with Gasteiger partial charge < -0.3 is 20.6 Å². The molecule has 1 aromatic carbocycles. The maximum Gasteiger partial charge on any atom is 0.270 e. The van der Waals surface area contributed by atoms with Crippen LogP contribution in [0.15, 0.2) is 29.1 Å². The molecule has 0 bridgehead atoms. The van der Waals surface area contributed by atoms with Crippen LogP contribution in [0.4, 0.5) is 5.69 Å². The van der Waals surface area contributed by atoms with Crippen LogP contribution in [0.3, 0.4) is 0 Å². The molecule has 0 spiro atoms. The number of hydrogen-bond donors (Lipinski definition) is 3. The monoisotopic (exact) mass is 479 g/mol. The number of aliphatic hydroxyl groups excluding tert-OH is 1. The molecule has 0 radical (unpaired) electrons. The van der Waals surface area contributed by atoms with Gasteiger partial charge in [-0.05, 0) is 50.6 Å². The molecular formula is C25H29N5O3S. The molecule has 1 fully saturated rings. The van der Waals surface area contributed by atoms with E-state index in [1.807, 2.05) is 30.3 Å². The Morgan fingerprint density at radius 3 is 2.79 bits per heavy atom. The Kier molecular flexibility index (Phi) is 9.06. The first-order valence-corrected chi connectivity index (χ1v) is 12.1. The lowest BCUT2D eigenvalue weighted by Gasteiger charge is -2.28. The third-order valence-electron chi connectivity index (χ3n) is 5.65. The molecule has 2 aromatic rings. The largest absolute Gasteiger partial charge is 0.387 e. The lowest BCUT2D eigenvalue weighted by Crippen LogP contribution is -2.34. The minimum atomic E-state index is -0.612. The summed E-state index contributed by atoms with van der Waals surface area (Å²) in [5.74, 6) is 1.68. The lowest BCUT2D eigenvalue weighted by atomic mass is 10.1. The number of carbonyl (C=O) groups is 1. The van der Waals surface area contributed by atoms with Crippen molar-refractivity contribution < 1.29 is 9.90 Å². The molecule has 1 aliphatic rings. The number of likely N-dealkylation sites (tertiary alicyclic amines) is 1. The van der Waals surface area contributed by atoms with Gasteiger partial charge in [0.05, 0.1) is 12.6 Å². The number of carbonyl (C=O) groups excluding carboxylic acids is 1. The lowest BCUT2D eigenvalue weighted by molar-refractivity contribution is -0.115. The molecule has 34 heavy (non-hydrogen) atoms. The van der Waals surface area contributed by atoms with Crippen molar-refractivity contribution in [2.45, 2.75) is 38.8 Å². The first kappa shape index (κ1) is 25.3. The molecule has 1 aromatic heterocycles. The highest BCUT2D eigenvalue weighted by atomic mass is 32.1. The third kappa shape index (κ3) is 6.15. The van der Waals surface area contributed by atoms with Crippen molar-refractivity contribution in [3.05, 3.63) is 49.4 Å². The normalized spacial score (nSPS) is 16.3. The summed E-state index contributed by atoms with van der Waals surface area (Å²) >= 11 is 1.06. The first-order valence-electron chi connectivity index (χ1n) is 11.3. The van der Waals surface area contributed by atoms with Gasteiger partial charge in [0.1, 0.15) is 15.3 Å². The second-order valence-corrected chi connectivity index (χ2v) is 9.02. The van der Waals surface area contributed by atoms with Crippen LogP contribution in [0.25, 0.3) is 11.8 Å². The number of nitriles is 1. The van der Waals surface area contributed by atoms with E-state index in [-0.39, 0.29) is 22.3 Å². The average molecular weight is 480 g/mol. The molecule has 1 atom stereocenters. The number of aromatic nitrogens is 1. The molecule has 1 aliphatic heterocycles. The summed E-state index contributed by atoms with van der Waals surface area (Å²) in [5.41, 5.74) is 1.08. The summed E-state index contributed by atoms with van der Waals surface area (Å²) in [6.45, 7) is 4.69. The van der Waals surface area contributed by atoms with Crippen molar-refractivity contribution in [1.82, 2.24) is 14.8 Å². The Bertz CT molecular complexity index is 1280. The van der Waals surface area contributed by atoms with Crippen molar-refractivity contribution in [3.63, 3.8) is 0 Å². The summed E-state index contributed by atoms with van der Waals surface area (Å²) in [5, 5.41) is 25.8. The van der Waals surface area contributed by atoms with Crippen LogP contribution in [0.5, 0.6) is 0 Å². The second-order valence-electron chi connectivity index (χ2n) is 7.99. The van der Waals surface area contributed by atoms with Gasteiger partial charge in [-0.25, -0.2) is 0 Å². The van der Waals surface area contributed by atoms with Crippen LogP contribution in [-0.2, 0) is 11.3 Å². The molecular weight excluding hydrogens is 450 g/mol. The van der Waals surface area contributed by atoms with E-state index < -0.39 is 12.0 Å². The highest BCUT2D eigenvalue weighted by Crippen LogP contribution is 2.20. The predicted octanol–water partition coefficient (Wildman–Crippen LogP) is 0.723. The van der Waals surface area contributed by atoms with Gasteiger partial charge in [-0.1, -0.05) is 24.5 Å². The number of anilines is 1. The van der Waals surface area contributed by atoms with Crippen molar-refractivity contribution in [1.29, 1.82) is 5.26 Å². The number of thiazole rings is 1. The van der Waals surface area contributed by atoms with Crippen LogP contribution < -0.4 is 25.4 Å². The Labute approximate surface area is 202 Å². The van der Waals surface area contributed by atoms with E-state index in [0.29, 0.717) is 17.6 Å². The predicted molar refractivity (Wildman–Crippen MR) is 134 cm³/mol. The van der Waals surface area contributed by atoms with Gasteiger partial charge in [0.2, 0.25) is 0 Å². The van der Waals surface area contributed by atoms with Gasteiger partial charge in [0.15, 0.2) is 5.57 Å². The quantitative estimate of drug-likeness (QED) is 0.482. The number of amides is 1. The number of nitrogens with one attached hydrogen (secondary N) is 2. The fourth-order valence-corrected chi connectivity index (χ4v) is 4.97. The molecule has 2 heterocycles. The molecule has 8 nitrogen and oxygen atoms in total. The molecule has 1 saturated heterocycles. The van der Waals surface area contributed by atoms with E-state index in [0.717, 1.165) is 48.5 Å². The minimum absolute atomic E-state index is 0.00770. The summed E-state index contributed by atoms with van der Waals surface area (Å²) in [6, 6.07) is 9.34. The molecule has 0 saturated carbocycles. The zero-order valence-electron chi connectivity index (χ0n) is 19.2. The SMILES string of the molecule is C#CCNC(=O)C(C#N)=c1sc(=CNc2cccc(C(O)CN3CCCCC3)c2)c(=O)n1CC. The van der Waals surface area contributed by atoms with Crippen LogP contribution in [0.2, 0.25) is 0 Å². The molecule has 178 valence electrons. The van der Waals surface area contributed by atoms with E-state index in [9.17, 15) is 20.0 Å². The van der Waals surface area contributed by atoms with Crippen LogP contribution in [0.1, 0.15) is 37.9 Å². The molecule has 0 aliphatic carbocycles. The number of aliphatic hydroxyl groups is 1. The number of nitrogens with zero attached hydrogens (tertiary/aromatic N) is 3. The van der Waals surface area contributed by atoms with Crippen LogP contribution >= 0.6 is 11.3 Å². The van der Waals surface area contributed by atoms with Crippen molar-refractivity contribution >= 4 is 34.7 Å². The summed E-state index contributed by atoms with van der Waals surface area (Å²) in [6.07, 6.45) is 9.71. The second kappa shape index (κ2) is 12.2. The fourth-order valence-electron chi connectivity index (χ4n) is 3.88. The minimum Gasteiger partial charge on any atom is -0.387 e. The van der Waals surface area contributed by atoms with Gasteiger partial charge in [0, 0.05) is 25.0 Å². The smallest absolute Gasteiger partial charge is 0.270 e. The Hall–Kier alpha value is -3.37. The van der Waals surface area contributed by atoms with Gasteiger partial charge in [-0.2, -0.15) is 5.26 Å². The number of terminal acetylenes is 1. The van der Waals surface area contributed by atoms with Gasteiger partial charge in [-0.3, -0.25) is 14.2 Å². The molecule has 9 heteroatoms. The van der Waals surface area contributed by atoms with Crippen LogP contribution in [-0.4, -0.2) is 46.7 Å². The molecule has 1 unspecified atom stereocenters. The number of hydrogen-bond acceptors (Lipinski definition) is 7. The number of β-amino-alcohol motifs (C(OH)–C–C–N with tert-alkyl or cyclic N) is 1. The molecule has 1 amide bonds. The summed E-state index contributed by atoms with van der Waals surface area (Å²) < 4.78 is 2.03. The van der Waals surface area contributed by atoms with E-state index in [1.54, 1.807) is 13.1 Å². The Morgan fingerprint density at radius 2 is 2.12 bits per heavy atom. The van der Waals surface area contributed by atoms with Gasteiger partial charge >= 0.3 is 0 Å². The number of piperidine rings is 1. The maximum absolute atomic E-state index is 12.9.